The molecular weight excluding hydrogens is 346 g/mol. The van der Waals surface area contributed by atoms with Gasteiger partial charge in [-0.3, -0.25) is 4.79 Å². The second-order valence-corrected chi connectivity index (χ2v) is 7.07. The van der Waals surface area contributed by atoms with Gasteiger partial charge in [0.25, 0.3) is 5.91 Å². The summed E-state index contributed by atoms with van der Waals surface area (Å²) in [4.78, 5) is 17.4. The maximum atomic E-state index is 12.5. The number of ether oxygens (including phenoxy) is 1. The predicted octanol–water partition coefficient (Wildman–Crippen LogP) is 3.72. The number of morpholine rings is 1. The van der Waals surface area contributed by atoms with Crippen LogP contribution in [0.15, 0.2) is 60.8 Å². The summed E-state index contributed by atoms with van der Waals surface area (Å²) >= 11 is 1.39. The molecule has 0 aliphatic carbocycles. The molecule has 1 aliphatic heterocycles. The number of carbonyl (C=O) groups excluding carboxylic acids is 1. The fourth-order valence-corrected chi connectivity index (χ4v) is 3.66. The summed E-state index contributed by atoms with van der Waals surface area (Å²) in [5.41, 5.74) is 2.89. The summed E-state index contributed by atoms with van der Waals surface area (Å²) < 4.78 is 5.74. The summed E-state index contributed by atoms with van der Waals surface area (Å²) in [7, 11) is 0. The van der Waals surface area contributed by atoms with Crippen LogP contribution in [0.4, 0.5) is 5.69 Å². The Balaban J connectivity index is 1.42. The van der Waals surface area contributed by atoms with Gasteiger partial charge in [-0.1, -0.05) is 42.5 Å². The number of thiazole rings is 1. The van der Waals surface area contributed by atoms with Crippen molar-refractivity contribution in [3.63, 3.8) is 0 Å². The minimum Gasteiger partial charge on any atom is -0.371 e. The van der Waals surface area contributed by atoms with E-state index in [1.54, 1.807) is 6.20 Å². The fourth-order valence-electron chi connectivity index (χ4n) is 2.85. The molecule has 26 heavy (non-hydrogen) atoms. The van der Waals surface area contributed by atoms with Crippen LogP contribution in [0.25, 0.3) is 10.6 Å². The highest BCUT2D eigenvalue weighted by molar-refractivity contribution is 7.17. The number of hydrogen-bond donors (Lipinski definition) is 2. The molecule has 1 amide bonds. The van der Waals surface area contributed by atoms with Crippen LogP contribution in [0.3, 0.4) is 0 Å². The summed E-state index contributed by atoms with van der Waals surface area (Å²) in [5, 5.41) is 7.09. The summed E-state index contributed by atoms with van der Waals surface area (Å²) in [6.45, 7) is 2.43. The van der Waals surface area contributed by atoms with Crippen LogP contribution in [-0.2, 0) is 4.74 Å². The minimum atomic E-state index is -0.145. The van der Waals surface area contributed by atoms with Crippen molar-refractivity contribution in [3.05, 3.63) is 71.2 Å². The number of benzene rings is 2. The molecule has 0 saturated carbocycles. The van der Waals surface area contributed by atoms with Gasteiger partial charge in [-0.25, -0.2) is 4.98 Å². The van der Waals surface area contributed by atoms with Crippen molar-refractivity contribution in [2.75, 3.05) is 25.0 Å². The predicted molar refractivity (Wildman–Crippen MR) is 104 cm³/mol. The van der Waals surface area contributed by atoms with E-state index in [1.165, 1.54) is 11.3 Å². The zero-order valence-electron chi connectivity index (χ0n) is 14.1. The van der Waals surface area contributed by atoms with E-state index in [0.29, 0.717) is 4.88 Å². The van der Waals surface area contributed by atoms with Gasteiger partial charge in [-0.15, -0.1) is 11.3 Å². The molecule has 0 radical (unpaired) electrons. The highest BCUT2D eigenvalue weighted by Gasteiger charge is 2.16. The lowest BCUT2D eigenvalue weighted by atomic mass is 10.1. The molecule has 132 valence electrons. The maximum absolute atomic E-state index is 12.5. The normalized spacial score (nSPS) is 17.0. The topological polar surface area (TPSA) is 63.2 Å². The van der Waals surface area contributed by atoms with Gasteiger partial charge in [0.05, 0.1) is 18.9 Å². The number of hydrogen-bond acceptors (Lipinski definition) is 5. The molecule has 2 N–H and O–H groups in total. The van der Waals surface area contributed by atoms with E-state index in [1.807, 2.05) is 54.6 Å². The quantitative estimate of drug-likeness (QED) is 0.740. The smallest absolute Gasteiger partial charge is 0.267 e. The van der Waals surface area contributed by atoms with Gasteiger partial charge < -0.3 is 15.4 Å². The lowest BCUT2D eigenvalue weighted by Crippen LogP contribution is -2.33. The molecule has 5 nitrogen and oxygen atoms in total. The molecule has 2 heterocycles. The van der Waals surface area contributed by atoms with Gasteiger partial charge in [0.15, 0.2) is 0 Å². The Labute approximate surface area is 156 Å². The number of anilines is 1. The fraction of sp³-hybridized carbons (Fsp3) is 0.200. The zero-order valence-corrected chi connectivity index (χ0v) is 15.0. The minimum absolute atomic E-state index is 0.0726. The van der Waals surface area contributed by atoms with Crippen molar-refractivity contribution in [1.82, 2.24) is 10.3 Å². The average Bonchev–Trinajstić information content (AvgIpc) is 3.20. The largest absolute Gasteiger partial charge is 0.371 e. The van der Waals surface area contributed by atoms with Crippen molar-refractivity contribution < 1.29 is 9.53 Å². The van der Waals surface area contributed by atoms with Crippen molar-refractivity contribution in [2.45, 2.75) is 6.10 Å². The van der Waals surface area contributed by atoms with Crippen LogP contribution in [0.1, 0.15) is 21.3 Å². The molecule has 1 fully saturated rings. The molecule has 0 unspecified atom stereocenters. The number of nitrogens with one attached hydrogen (secondary N) is 2. The Kier molecular flexibility index (Phi) is 5.06. The van der Waals surface area contributed by atoms with E-state index in [9.17, 15) is 4.79 Å². The van der Waals surface area contributed by atoms with Crippen LogP contribution in [0.2, 0.25) is 0 Å². The first-order valence-corrected chi connectivity index (χ1v) is 9.36. The standard InChI is InChI=1S/C20H19N3O2S/c24-19(18-13-22-20(26-18)15-4-2-1-3-5-15)23-16-8-6-14(7-9-16)17-12-21-10-11-25-17/h1-9,13,17,21H,10-12H2,(H,23,24)/t17-/m0/s1. The third kappa shape index (κ3) is 3.83. The molecule has 6 heteroatoms. The van der Waals surface area contributed by atoms with Crippen LogP contribution in [0, 0.1) is 0 Å². The molecule has 2 aromatic carbocycles. The third-order valence-electron chi connectivity index (χ3n) is 4.22. The maximum Gasteiger partial charge on any atom is 0.267 e. The van der Waals surface area contributed by atoms with Crippen LogP contribution < -0.4 is 10.6 Å². The highest BCUT2D eigenvalue weighted by atomic mass is 32.1. The first-order valence-electron chi connectivity index (χ1n) is 8.54. The Hall–Kier alpha value is -2.54. The average molecular weight is 365 g/mol. The number of rotatable bonds is 4. The zero-order chi connectivity index (χ0) is 17.8. The molecule has 0 spiro atoms. The van der Waals surface area contributed by atoms with Crippen LogP contribution in [0.5, 0.6) is 0 Å². The molecule has 4 rings (SSSR count). The first kappa shape index (κ1) is 16.9. The van der Waals surface area contributed by atoms with E-state index in [-0.39, 0.29) is 12.0 Å². The van der Waals surface area contributed by atoms with Gasteiger partial charge in [-0.2, -0.15) is 0 Å². The van der Waals surface area contributed by atoms with Gasteiger partial charge in [0, 0.05) is 24.3 Å². The number of aromatic nitrogens is 1. The second-order valence-electron chi connectivity index (χ2n) is 6.04. The van der Waals surface area contributed by atoms with Gasteiger partial charge in [0.2, 0.25) is 0 Å². The van der Waals surface area contributed by atoms with Crippen molar-refractivity contribution in [1.29, 1.82) is 0 Å². The van der Waals surface area contributed by atoms with Gasteiger partial charge in [0.1, 0.15) is 9.88 Å². The molecule has 1 aliphatic rings. The van der Waals surface area contributed by atoms with Crippen molar-refractivity contribution >= 4 is 22.9 Å². The van der Waals surface area contributed by atoms with Gasteiger partial charge in [-0.05, 0) is 17.7 Å². The summed E-state index contributed by atoms with van der Waals surface area (Å²) in [5.74, 6) is -0.145. The molecular formula is C20H19N3O2S. The van der Waals surface area contributed by atoms with Gasteiger partial charge >= 0.3 is 0 Å². The highest BCUT2D eigenvalue weighted by Crippen LogP contribution is 2.26. The van der Waals surface area contributed by atoms with E-state index < -0.39 is 0 Å². The molecule has 1 aromatic heterocycles. The molecule has 1 saturated heterocycles. The molecule has 0 bridgehead atoms. The number of carbonyl (C=O) groups is 1. The van der Waals surface area contributed by atoms with E-state index >= 15 is 0 Å². The lowest BCUT2D eigenvalue weighted by molar-refractivity contribution is 0.0277. The number of amides is 1. The Bertz CT molecular complexity index is 872. The lowest BCUT2D eigenvalue weighted by Gasteiger charge is -2.24. The second kappa shape index (κ2) is 7.78. The SMILES string of the molecule is O=C(Nc1ccc([C@@H]2CNCCO2)cc1)c1cnc(-c2ccccc2)s1. The van der Waals surface area contributed by atoms with E-state index in [4.69, 9.17) is 4.74 Å². The summed E-state index contributed by atoms with van der Waals surface area (Å²) in [6.07, 6.45) is 1.70. The Morgan fingerprint density at radius 2 is 1.96 bits per heavy atom. The van der Waals surface area contributed by atoms with Crippen molar-refractivity contribution in [3.8, 4) is 10.6 Å². The summed E-state index contributed by atoms with van der Waals surface area (Å²) in [6, 6.07) is 17.7. The van der Waals surface area contributed by atoms with Crippen LogP contribution in [-0.4, -0.2) is 30.6 Å². The first-order chi connectivity index (χ1) is 12.8. The Morgan fingerprint density at radius 3 is 2.69 bits per heavy atom. The number of nitrogens with zero attached hydrogens (tertiary/aromatic N) is 1. The van der Waals surface area contributed by atoms with Crippen molar-refractivity contribution in [2.24, 2.45) is 0 Å². The van der Waals surface area contributed by atoms with Crippen LogP contribution >= 0.6 is 11.3 Å². The molecule has 3 aromatic rings. The third-order valence-corrected chi connectivity index (χ3v) is 5.26. The Morgan fingerprint density at radius 1 is 1.15 bits per heavy atom. The van der Waals surface area contributed by atoms with E-state index in [2.05, 4.69) is 15.6 Å². The molecule has 1 atom stereocenters. The monoisotopic (exact) mass is 365 g/mol. The van der Waals surface area contributed by atoms with E-state index in [0.717, 1.165) is 41.5 Å².